The number of hydrogen-bond acceptors (Lipinski definition) is 4. The van der Waals surface area contributed by atoms with E-state index < -0.39 is 26.7 Å². The Bertz CT molecular complexity index is 902. The molecule has 1 fully saturated rings. The van der Waals surface area contributed by atoms with Crippen molar-refractivity contribution in [1.82, 2.24) is 0 Å². The molecule has 2 aromatic carbocycles. The number of primary sulfonamides is 1. The van der Waals surface area contributed by atoms with Gasteiger partial charge in [0.1, 0.15) is 0 Å². The van der Waals surface area contributed by atoms with Crippen LogP contribution in [0.25, 0.3) is 0 Å². The third-order valence-electron chi connectivity index (χ3n) is 4.50. The van der Waals surface area contributed by atoms with Crippen molar-refractivity contribution in [2.24, 2.45) is 11.1 Å². The molecule has 2 atom stereocenters. The number of sulfonamides is 1. The first kappa shape index (κ1) is 19.7. The van der Waals surface area contributed by atoms with Crippen molar-refractivity contribution in [3.05, 3.63) is 59.7 Å². The second-order valence-corrected chi connectivity index (χ2v) is 7.92. The smallest absolute Gasteiger partial charge is 0.385 e. The molecule has 27 heavy (non-hydrogen) atoms. The molecule has 2 aromatic rings. The van der Waals surface area contributed by atoms with E-state index in [-0.39, 0.29) is 17.7 Å². The summed E-state index contributed by atoms with van der Waals surface area (Å²) in [5, 5.41) is 7.86. The fraction of sp³-hybridized carbons (Fsp3) is 0.333. The number of ether oxygens (including phenoxy) is 1. The van der Waals surface area contributed by atoms with Crippen molar-refractivity contribution in [2.45, 2.75) is 23.6 Å². The van der Waals surface area contributed by atoms with Crippen molar-refractivity contribution in [2.75, 3.05) is 18.5 Å². The van der Waals surface area contributed by atoms with Crippen LogP contribution in [-0.2, 0) is 20.9 Å². The molecular weight excluding hydrogens is 381 g/mol. The Balaban J connectivity index is 1.78. The van der Waals surface area contributed by atoms with Gasteiger partial charge in [0.25, 0.3) is 0 Å². The van der Waals surface area contributed by atoms with Gasteiger partial charge >= 0.3 is 6.18 Å². The topological polar surface area (TPSA) is 81.4 Å². The van der Waals surface area contributed by atoms with Crippen molar-refractivity contribution in [3.8, 4) is 0 Å². The van der Waals surface area contributed by atoms with Crippen LogP contribution in [-0.4, -0.2) is 21.6 Å². The number of benzene rings is 2. The zero-order valence-electron chi connectivity index (χ0n) is 14.2. The zero-order valence-corrected chi connectivity index (χ0v) is 15.1. The number of nitrogens with two attached hydrogens (primary N) is 1. The van der Waals surface area contributed by atoms with Gasteiger partial charge in [-0.15, -0.1) is 0 Å². The Labute approximate surface area is 155 Å². The van der Waals surface area contributed by atoms with E-state index in [9.17, 15) is 21.6 Å². The molecule has 0 radical (unpaired) electrons. The minimum atomic E-state index is -4.83. The Kier molecular flexibility index (Phi) is 5.45. The van der Waals surface area contributed by atoms with Gasteiger partial charge in [0.05, 0.1) is 16.6 Å². The molecule has 9 heteroatoms. The number of nitrogens with one attached hydrogen (secondary N) is 1. The van der Waals surface area contributed by atoms with Gasteiger partial charge in [-0.1, -0.05) is 30.3 Å². The number of halogens is 3. The molecular formula is C18H19F3N2O3S. The minimum absolute atomic E-state index is 0.0830. The highest BCUT2D eigenvalue weighted by Gasteiger charge is 2.37. The summed E-state index contributed by atoms with van der Waals surface area (Å²) in [4.78, 5) is -0.938. The highest BCUT2D eigenvalue weighted by Crippen LogP contribution is 2.37. The normalized spacial score (nSPS) is 20.6. The number of alkyl halides is 3. The minimum Gasteiger partial charge on any atom is -0.385 e. The van der Waals surface area contributed by atoms with E-state index in [4.69, 9.17) is 9.88 Å². The van der Waals surface area contributed by atoms with Gasteiger partial charge in [-0.05, 0) is 30.2 Å². The Morgan fingerprint density at radius 1 is 1.15 bits per heavy atom. The maximum absolute atomic E-state index is 13.2. The summed E-state index contributed by atoms with van der Waals surface area (Å²) in [6, 6.07) is 12.5. The molecule has 0 bridgehead atoms. The predicted octanol–water partition coefficient (Wildman–Crippen LogP) is 3.54. The molecule has 3 N–H and O–H groups in total. The van der Waals surface area contributed by atoms with Crippen LogP contribution in [0.5, 0.6) is 0 Å². The highest BCUT2D eigenvalue weighted by molar-refractivity contribution is 7.89. The average molecular weight is 400 g/mol. The quantitative estimate of drug-likeness (QED) is 0.804. The van der Waals surface area contributed by atoms with E-state index in [1.807, 2.05) is 30.3 Å². The van der Waals surface area contributed by atoms with Crippen LogP contribution in [0.2, 0.25) is 0 Å². The van der Waals surface area contributed by atoms with Crippen LogP contribution in [0.1, 0.15) is 23.7 Å². The lowest BCUT2D eigenvalue weighted by Gasteiger charge is -2.20. The van der Waals surface area contributed by atoms with E-state index in [0.717, 1.165) is 24.1 Å². The zero-order chi connectivity index (χ0) is 19.7. The van der Waals surface area contributed by atoms with Gasteiger partial charge in [-0.3, -0.25) is 0 Å². The van der Waals surface area contributed by atoms with E-state index in [1.165, 1.54) is 6.07 Å². The molecule has 0 aliphatic carbocycles. The average Bonchev–Trinajstić information content (AvgIpc) is 3.07. The van der Waals surface area contributed by atoms with Gasteiger partial charge in [0.15, 0.2) is 0 Å². The summed E-state index contributed by atoms with van der Waals surface area (Å²) in [7, 11) is -4.48. The molecule has 2 unspecified atom stereocenters. The van der Waals surface area contributed by atoms with Gasteiger partial charge in [0, 0.05) is 24.8 Å². The van der Waals surface area contributed by atoms with Crippen molar-refractivity contribution < 1.29 is 26.3 Å². The summed E-state index contributed by atoms with van der Waals surface area (Å²) < 4.78 is 68.3. The Morgan fingerprint density at radius 3 is 2.48 bits per heavy atom. The summed E-state index contributed by atoms with van der Waals surface area (Å²) >= 11 is 0. The van der Waals surface area contributed by atoms with Gasteiger partial charge in [-0.25, -0.2) is 13.6 Å². The summed E-state index contributed by atoms with van der Waals surface area (Å²) in [6.07, 6.45) is -4.19. The van der Waals surface area contributed by atoms with Gasteiger partial charge < -0.3 is 10.1 Å². The molecule has 0 amide bonds. The molecule has 5 nitrogen and oxygen atoms in total. The van der Waals surface area contributed by atoms with Gasteiger partial charge in [-0.2, -0.15) is 13.2 Å². The SMILES string of the molecule is NS(=O)(=O)c1ccc(NCC2CCOC2c2ccccc2)cc1C(F)(F)F. The number of anilines is 1. The predicted molar refractivity (Wildman–Crippen MR) is 94.5 cm³/mol. The van der Waals surface area contributed by atoms with Crippen LogP contribution < -0.4 is 10.5 Å². The third-order valence-corrected chi connectivity index (χ3v) is 5.47. The fourth-order valence-corrected chi connectivity index (χ4v) is 3.95. The third kappa shape index (κ3) is 4.60. The van der Waals surface area contributed by atoms with E-state index in [0.29, 0.717) is 13.2 Å². The molecule has 0 saturated carbocycles. The van der Waals surface area contributed by atoms with Crippen molar-refractivity contribution in [1.29, 1.82) is 0 Å². The van der Waals surface area contributed by atoms with E-state index in [2.05, 4.69) is 5.32 Å². The first-order chi connectivity index (χ1) is 12.7. The van der Waals surface area contributed by atoms with E-state index in [1.54, 1.807) is 0 Å². The number of rotatable bonds is 5. The van der Waals surface area contributed by atoms with Crippen LogP contribution in [0.4, 0.5) is 18.9 Å². The van der Waals surface area contributed by atoms with Gasteiger partial charge in [0.2, 0.25) is 10.0 Å². The lowest BCUT2D eigenvalue weighted by atomic mass is 9.95. The summed E-state index contributed by atoms with van der Waals surface area (Å²) in [5.74, 6) is 0.0830. The summed E-state index contributed by atoms with van der Waals surface area (Å²) in [6.45, 7) is 0.968. The van der Waals surface area contributed by atoms with E-state index >= 15 is 0 Å². The molecule has 0 spiro atoms. The Morgan fingerprint density at radius 2 is 1.85 bits per heavy atom. The molecule has 3 rings (SSSR count). The second kappa shape index (κ2) is 7.49. The Hall–Kier alpha value is -2.10. The molecule has 1 aliphatic rings. The molecule has 1 saturated heterocycles. The molecule has 146 valence electrons. The second-order valence-electron chi connectivity index (χ2n) is 6.39. The van der Waals surface area contributed by atoms with Crippen LogP contribution in [0, 0.1) is 5.92 Å². The molecule has 0 aromatic heterocycles. The fourth-order valence-electron chi connectivity index (χ4n) is 3.21. The molecule has 1 aliphatic heterocycles. The lowest BCUT2D eigenvalue weighted by molar-refractivity contribution is -0.139. The highest BCUT2D eigenvalue weighted by atomic mass is 32.2. The van der Waals surface area contributed by atoms with Crippen LogP contribution >= 0.6 is 0 Å². The number of hydrogen-bond donors (Lipinski definition) is 2. The van der Waals surface area contributed by atoms with Crippen molar-refractivity contribution >= 4 is 15.7 Å². The van der Waals surface area contributed by atoms with Crippen LogP contribution in [0.15, 0.2) is 53.4 Å². The first-order valence-corrected chi connectivity index (χ1v) is 9.85. The molecule has 1 heterocycles. The lowest BCUT2D eigenvalue weighted by Crippen LogP contribution is -2.21. The largest absolute Gasteiger partial charge is 0.417 e. The monoisotopic (exact) mass is 400 g/mol. The standard InChI is InChI=1S/C18H19F3N2O3S/c19-18(20,21)15-10-14(6-7-16(15)27(22,24)25)23-11-13-8-9-26-17(13)12-4-2-1-3-5-12/h1-7,10,13,17,23H,8-9,11H2,(H2,22,24,25). The van der Waals surface area contributed by atoms with Crippen molar-refractivity contribution in [3.63, 3.8) is 0 Å². The maximum atomic E-state index is 13.2. The first-order valence-electron chi connectivity index (χ1n) is 8.31. The maximum Gasteiger partial charge on any atom is 0.417 e. The van der Waals surface area contributed by atoms with Crippen LogP contribution in [0.3, 0.4) is 0 Å². The summed E-state index contributed by atoms with van der Waals surface area (Å²) in [5.41, 5.74) is -0.0897.